The number of ether oxygens (including phenoxy) is 2. The van der Waals surface area contributed by atoms with Gasteiger partial charge in [0, 0.05) is 16.8 Å². The van der Waals surface area contributed by atoms with Crippen molar-refractivity contribution in [2.75, 3.05) is 18.5 Å². The van der Waals surface area contributed by atoms with E-state index in [1.807, 2.05) is 26.0 Å². The van der Waals surface area contributed by atoms with Gasteiger partial charge in [0.2, 0.25) is 0 Å². The molecule has 162 valence electrons. The number of hydrogen-bond acceptors (Lipinski definition) is 5. The van der Waals surface area contributed by atoms with Gasteiger partial charge >= 0.3 is 5.97 Å². The van der Waals surface area contributed by atoms with Crippen LogP contribution in [-0.2, 0) is 9.53 Å². The lowest BCUT2D eigenvalue weighted by atomic mass is 10.0. The van der Waals surface area contributed by atoms with Crippen molar-refractivity contribution in [3.05, 3.63) is 71.0 Å². The Morgan fingerprint density at radius 3 is 2.65 bits per heavy atom. The van der Waals surface area contributed by atoms with Crippen molar-refractivity contribution >= 4 is 29.2 Å². The van der Waals surface area contributed by atoms with Crippen molar-refractivity contribution < 1.29 is 19.1 Å². The van der Waals surface area contributed by atoms with Crippen LogP contribution in [0.4, 0.5) is 5.69 Å². The van der Waals surface area contributed by atoms with Crippen LogP contribution >= 0.6 is 11.6 Å². The third kappa shape index (κ3) is 5.64. The second-order valence-corrected chi connectivity index (χ2v) is 7.50. The molecule has 0 aliphatic carbocycles. The maximum atomic E-state index is 13.0. The van der Waals surface area contributed by atoms with Crippen LogP contribution in [0.15, 0.2) is 54.7 Å². The minimum Gasteiger partial charge on any atom is -0.482 e. The van der Waals surface area contributed by atoms with Crippen LogP contribution in [0.25, 0.3) is 5.69 Å². The Morgan fingerprint density at radius 2 is 1.94 bits per heavy atom. The minimum atomic E-state index is -0.452. The molecule has 0 bridgehead atoms. The van der Waals surface area contributed by atoms with E-state index in [0.717, 1.165) is 11.4 Å². The lowest BCUT2D eigenvalue weighted by Gasteiger charge is -2.13. The number of carbonyl (C=O) groups is 2. The number of esters is 1. The van der Waals surface area contributed by atoms with E-state index in [1.165, 1.54) is 0 Å². The Bertz CT molecular complexity index is 1080. The molecular weight excluding hydrogens is 418 g/mol. The average Bonchev–Trinajstić information content (AvgIpc) is 3.19. The Hall–Kier alpha value is -3.32. The molecule has 1 aromatic heterocycles. The Kier molecular flexibility index (Phi) is 7.31. The van der Waals surface area contributed by atoms with E-state index in [-0.39, 0.29) is 18.4 Å². The molecule has 31 heavy (non-hydrogen) atoms. The SMILES string of the molecule is CCOC(=O)COc1cccc(NC(=O)c2cnn(-c3cccc(Cl)c3)c2C(C)C)c1. The van der Waals surface area contributed by atoms with Gasteiger partial charge in [0.1, 0.15) is 5.75 Å². The summed E-state index contributed by atoms with van der Waals surface area (Å²) in [6, 6.07) is 14.1. The molecule has 1 N–H and O–H groups in total. The van der Waals surface area contributed by atoms with Crippen molar-refractivity contribution in [2.24, 2.45) is 0 Å². The molecule has 0 saturated heterocycles. The van der Waals surface area contributed by atoms with Gasteiger partial charge in [-0.05, 0) is 43.2 Å². The van der Waals surface area contributed by atoms with Crippen molar-refractivity contribution in [3.63, 3.8) is 0 Å². The van der Waals surface area contributed by atoms with Crippen molar-refractivity contribution in [3.8, 4) is 11.4 Å². The minimum absolute atomic E-state index is 0.0430. The predicted molar refractivity (Wildman–Crippen MR) is 119 cm³/mol. The summed E-state index contributed by atoms with van der Waals surface area (Å²) < 4.78 is 12.0. The molecule has 0 spiro atoms. The van der Waals surface area contributed by atoms with Crippen LogP contribution in [0, 0.1) is 0 Å². The summed E-state index contributed by atoms with van der Waals surface area (Å²) in [5, 5.41) is 7.88. The first-order valence-electron chi connectivity index (χ1n) is 9.92. The normalized spacial score (nSPS) is 10.7. The van der Waals surface area contributed by atoms with E-state index >= 15 is 0 Å². The highest BCUT2D eigenvalue weighted by atomic mass is 35.5. The summed E-state index contributed by atoms with van der Waals surface area (Å²) >= 11 is 6.12. The molecule has 8 heteroatoms. The second kappa shape index (κ2) is 10.1. The van der Waals surface area contributed by atoms with Gasteiger partial charge in [-0.1, -0.05) is 37.6 Å². The molecule has 1 heterocycles. The van der Waals surface area contributed by atoms with E-state index in [0.29, 0.717) is 28.6 Å². The Labute approximate surface area is 185 Å². The highest BCUT2D eigenvalue weighted by Gasteiger charge is 2.21. The maximum absolute atomic E-state index is 13.0. The zero-order chi connectivity index (χ0) is 22.4. The Morgan fingerprint density at radius 1 is 1.16 bits per heavy atom. The van der Waals surface area contributed by atoms with Gasteiger partial charge in [0.05, 0.1) is 29.7 Å². The molecule has 1 amide bonds. The van der Waals surface area contributed by atoms with Crippen LogP contribution in [0.5, 0.6) is 5.75 Å². The van der Waals surface area contributed by atoms with Crippen molar-refractivity contribution in [1.82, 2.24) is 9.78 Å². The topological polar surface area (TPSA) is 82.4 Å². The number of benzene rings is 2. The third-order valence-corrected chi connectivity index (χ3v) is 4.64. The highest BCUT2D eigenvalue weighted by molar-refractivity contribution is 6.30. The first-order valence-corrected chi connectivity index (χ1v) is 10.3. The van der Waals surface area contributed by atoms with Crippen LogP contribution in [0.3, 0.4) is 0 Å². The smallest absolute Gasteiger partial charge is 0.344 e. The van der Waals surface area contributed by atoms with E-state index in [9.17, 15) is 9.59 Å². The zero-order valence-corrected chi connectivity index (χ0v) is 18.3. The molecule has 0 atom stereocenters. The lowest BCUT2D eigenvalue weighted by Crippen LogP contribution is -2.16. The van der Waals surface area contributed by atoms with Crippen LogP contribution < -0.4 is 10.1 Å². The summed E-state index contributed by atoms with van der Waals surface area (Å²) in [5.74, 6) is -0.252. The van der Waals surface area contributed by atoms with Crippen LogP contribution in [0.1, 0.15) is 42.7 Å². The largest absolute Gasteiger partial charge is 0.482 e. The molecule has 3 aromatic rings. The van der Waals surface area contributed by atoms with E-state index < -0.39 is 5.97 Å². The van der Waals surface area contributed by atoms with Gasteiger partial charge < -0.3 is 14.8 Å². The zero-order valence-electron chi connectivity index (χ0n) is 17.6. The maximum Gasteiger partial charge on any atom is 0.344 e. The molecule has 0 saturated carbocycles. The standard InChI is InChI=1S/C23H24ClN3O4/c1-4-30-21(28)14-31-19-10-6-8-17(12-19)26-23(29)20-13-25-27(22(20)15(2)3)18-9-5-7-16(24)11-18/h5-13,15H,4,14H2,1-3H3,(H,26,29). The molecule has 0 aliphatic heterocycles. The summed E-state index contributed by atoms with van der Waals surface area (Å²) in [5.41, 5.74) is 2.56. The second-order valence-electron chi connectivity index (χ2n) is 7.07. The third-order valence-electron chi connectivity index (χ3n) is 4.40. The lowest BCUT2D eigenvalue weighted by molar-refractivity contribution is -0.145. The highest BCUT2D eigenvalue weighted by Crippen LogP contribution is 2.26. The summed E-state index contributed by atoms with van der Waals surface area (Å²) in [4.78, 5) is 24.5. The molecule has 0 fully saturated rings. The van der Waals surface area contributed by atoms with E-state index in [1.54, 1.807) is 54.2 Å². The van der Waals surface area contributed by atoms with Gasteiger partial charge in [-0.25, -0.2) is 9.48 Å². The van der Waals surface area contributed by atoms with E-state index in [2.05, 4.69) is 10.4 Å². The van der Waals surface area contributed by atoms with Gasteiger partial charge in [0.15, 0.2) is 6.61 Å². The van der Waals surface area contributed by atoms with Crippen LogP contribution in [0.2, 0.25) is 5.02 Å². The quantitative estimate of drug-likeness (QED) is 0.505. The molecule has 7 nitrogen and oxygen atoms in total. The van der Waals surface area contributed by atoms with Gasteiger partial charge in [-0.3, -0.25) is 4.79 Å². The molecular formula is C23H24ClN3O4. The molecule has 0 unspecified atom stereocenters. The fraction of sp³-hybridized carbons (Fsp3) is 0.261. The first-order chi connectivity index (χ1) is 14.9. The first kappa shape index (κ1) is 22.4. The number of nitrogens with one attached hydrogen (secondary N) is 1. The molecule has 3 rings (SSSR count). The van der Waals surface area contributed by atoms with Crippen molar-refractivity contribution in [2.45, 2.75) is 26.7 Å². The number of halogens is 1. The van der Waals surface area contributed by atoms with Crippen molar-refractivity contribution in [1.29, 1.82) is 0 Å². The predicted octanol–water partition coefficient (Wildman–Crippen LogP) is 4.84. The fourth-order valence-electron chi connectivity index (χ4n) is 3.11. The fourth-order valence-corrected chi connectivity index (χ4v) is 3.29. The number of rotatable bonds is 8. The molecule has 0 aliphatic rings. The number of carbonyl (C=O) groups excluding carboxylic acids is 2. The van der Waals surface area contributed by atoms with Gasteiger partial charge in [0.25, 0.3) is 5.91 Å². The van der Waals surface area contributed by atoms with Gasteiger partial charge in [-0.15, -0.1) is 0 Å². The number of amides is 1. The summed E-state index contributed by atoms with van der Waals surface area (Å²) in [6.07, 6.45) is 1.55. The van der Waals surface area contributed by atoms with Crippen LogP contribution in [-0.4, -0.2) is 34.9 Å². The number of aromatic nitrogens is 2. The molecule has 2 aromatic carbocycles. The Balaban J connectivity index is 1.79. The number of anilines is 1. The summed E-state index contributed by atoms with van der Waals surface area (Å²) in [7, 11) is 0. The van der Waals surface area contributed by atoms with Gasteiger partial charge in [-0.2, -0.15) is 5.10 Å². The summed E-state index contributed by atoms with van der Waals surface area (Å²) in [6.45, 7) is 5.82. The monoisotopic (exact) mass is 441 g/mol. The molecule has 0 radical (unpaired) electrons. The number of nitrogens with zero attached hydrogens (tertiary/aromatic N) is 2. The number of hydrogen-bond donors (Lipinski definition) is 1. The average molecular weight is 442 g/mol. The van der Waals surface area contributed by atoms with E-state index in [4.69, 9.17) is 21.1 Å².